The number of nitrogens with zero attached hydrogens (tertiary/aromatic N) is 1. The van der Waals surface area contributed by atoms with E-state index in [9.17, 15) is 4.79 Å². The Balaban J connectivity index is 1.80. The van der Waals surface area contributed by atoms with Gasteiger partial charge in [-0.3, -0.25) is 0 Å². The Kier molecular flexibility index (Phi) is 3.41. The Bertz CT molecular complexity index is 353. The van der Waals surface area contributed by atoms with E-state index < -0.39 is 0 Å². The quantitative estimate of drug-likeness (QED) is 0.796. The number of quaternary nitrogens is 1. The molecule has 1 aliphatic heterocycles. The Morgan fingerprint density at radius 3 is 2.81 bits per heavy atom. The minimum absolute atomic E-state index is 0.227. The third kappa shape index (κ3) is 2.73. The highest BCUT2D eigenvalue weighted by Crippen LogP contribution is 2.09. The van der Waals surface area contributed by atoms with Gasteiger partial charge in [0.2, 0.25) is 0 Å². The van der Waals surface area contributed by atoms with Crippen molar-refractivity contribution in [3.63, 3.8) is 0 Å². The fourth-order valence-corrected chi connectivity index (χ4v) is 1.81. The van der Waals surface area contributed by atoms with E-state index in [1.54, 1.807) is 4.90 Å². The van der Waals surface area contributed by atoms with Gasteiger partial charge < -0.3 is 15.4 Å². The second-order valence-corrected chi connectivity index (χ2v) is 4.14. The van der Waals surface area contributed by atoms with Gasteiger partial charge in [0.25, 0.3) is 0 Å². The fraction of sp³-hybridized carbons (Fsp3) is 0.417. The van der Waals surface area contributed by atoms with Crippen molar-refractivity contribution in [1.82, 2.24) is 4.90 Å². The largest absolute Gasteiger partial charge is 0.445 e. The van der Waals surface area contributed by atoms with Crippen molar-refractivity contribution in [3.05, 3.63) is 35.9 Å². The molecule has 0 aliphatic carbocycles. The third-order valence-corrected chi connectivity index (χ3v) is 2.75. The number of ether oxygens (including phenoxy) is 1. The minimum atomic E-state index is -0.227. The summed E-state index contributed by atoms with van der Waals surface area (Å²) in [5, 5.41) is 0. The van der Waals surface area contributed by atoms with Crippen LogP contribution < -0.4 is 5.73 Å². The highest BCUT2D eigenvalue weighted by molar-refractivity contribution is 5.68. The monoisotopic (exact) mass is 221 g/mol. The van der Waals surface area contributed by atoms with Gasteiger partial charge in [-0.1, -0.05) is 30.3 Å². The molecule has 1 atom stereocenters. The van der Waals surface area contributed by atoms with Gasteiger partial charge in [-0.15, -0.1) is 0 Å². The van der Waals surface area contributed by atoms with E-state index in [4.69, 9.17) is 4.74 Å². The molecule has 0 aromatic heterocycles. The number of carbonyl (C=O) groups excluding carboxylic acids is 1. The molecule has 1 heterocycles. The van der Waals surface area contributed by atoms with Crippen LogP contribution in [-0.4, -0.2) is 30.1 Å². The lowest BCUT2D eigenvalue weighted by atomic mass is 10.2. The Labute approximate surface area is 95.0 Å². The van der Waals surface area contributed by atoms with Gasteiger partial charge in [0.15, 0.2) is 0 Å². The van der Waals surface area contributed by atoms with E-state index in [2.05, 4.69) is 5.73 Å². The summed E-state index contributed by atoms with van der Waals surface area (Å²) >= 11 is 0. The Hall–Kier alpha value is -1.55. The molecule has 1 aliphatic rings. The van der Waals surface area contributed by atoms with Gasteiger partial charge in [-0.25, -0.2) is 4.79 Å². The first kappa shape index (κ1) is 11.0. The van der Waals surface area contributed by atoms with Crippen LogP contribution in [0.3, 0.4) is 0 Å². The maximum Gasteiger partial charge on any atom is 0.410 e. The number of hydrogen-bond acceptors (Lipinski definition) is 2. The Morgan fingerprint density at radius 2 is 2.19 bits per heavy atom. The molecule has 1 saturated heterocycles. The molecule has 3 N–H and O–H groups in total. The summed E-state index contributed by atoms with van der Waals surface area (Å²) in [6.45, 7) is 1.83. The average molecular weight is 221 g/mol. The lowest BCUT2D eigenvalue weighted by Crippen LogP contribution is -2.62. The van der Waals surface area contributed by atoms with E-state index >= 15 is 0 Å². The summed E-state index contributed by atoms with van der Waals surface area (Å²) < 4.78 is 5.22. The first-order valence-corrected chi connectivity index (χ1v) is 5.54. The van der Waals surface area contributed by atoms with Crippen molar-refractivity contribution in [1.29, 1.82) is 0 Å². The second kappa shape index (κ2) is 4.99. The second-order valence-electron chi connectivity index (χ2n) is 4.14. The molecule has 1 amide bonds. The van der Waals surface area contributed by atoms with Crippen molar-refractivity contribution >= 4 is 6.09 Å². The predicted molar refractivity (Wildman–Crippen MR) is 59.5 cm³/mol. The summed E-state index contributed by atoms with van der Waals surface area (Å²) in [5.41, 5.74) is 4.95. The molecule has 86 valence electrons. The third-order valence-electron chi connectivity index (χ3n) is 2.75. The van der Waals surface area contributed by atoms with E-state index in [0.717, 1.165) is 18.5 Å². The van der Waals surface area contributed by atoms with Crippen LogP contribution in [-0.2, 0) is 11.3 Å². The first-order chi connectivity index (χ1) is 7.75. The average Bonchev–Trinajstić information content (AvgIpc) is 2.74. The minimum Gasteiger partial charge on any atom is -0.445 e. The van der Waals surface area contributed by atoms with Gasteiger partial charge in [0, 0.05) is 13.0 Å². The van der Waals surface area contributed by atoms with Crippen molar-refractivity contribution in [2.24, 2.45) is 0 Å². The number of rotatable bonds is 2. The summed E-state index contributed by atoms with van der Waals surface area (Å²) in [4.78, 5) is 13.4. The van der Waals surface area contributed by atoms with Gasteiger partial charge in [0.05, 0.1) is 6.54 Å². The van der Waals surface area contributed by atoms with Crippen LogP contribution in [0.2, 0.25) is 0 Å². The molecule has 16 heavy (non-hydrogen) atoms. The molecule has 0 saturated carbocycles. The van der Waals surface area contributed by atoms with Crippen LogP contribution in [0.5, 0.6) is 0 Å². The van der Waals surface area contributed by atoms with Crippen molar-refractivity contribution < 1.29 is 15.3 Å². The first-order valence-electron chi connectivity index (χ1n) is 5.54. The zero-order valence-corrected chi connectivity index (χ0v) is 9.26. The van der Waals surface area contributed by atoms with Crippen LogP contribution in [0.25, 0.3) is 0 Å². The summed E-state index contributed by atoms with van der Waals surface area (Å²) in [7, 11) is 0. The van der Waals surface area contributed by atoms with Gasteiger partial charge in [0.1, 0.15) is 12.6 Å². The summed E-state index contributed by atoms with van der Waals surface area (Å²) in [6, 6.07) is 10.1. The fourth-order valence-electron chi connectivity index (χ4n) is 1.81. The predicted octanol–water partition coefficient (Wildman–Crippen LogP) is 0.639. The topological polar surface area (TPSA) is 57.2 Å². The number of carbonyl (C=O) groups is 1. The summed E-state index contributed by atoms with van der Waals surface area (Å²) in [6.07, 6.45) is 0.746. The number of benzene rings is 1. The van der Waals surface area contributed by atoms with Gasteiger partial charge in [-0.2, -0.15) is 0 Å². The molecule has 1 fully saturated rings. The zero-order chi connectivity index (χ0) is 11.4. The Morgan fingerprint density at radius 1 is 1.44 bits per heavy atom. The standard InChI is InChI=1S/C12H16N2O2/c13-11-6-7-14(8-11)12(15)16-9-10-4-2-1-3-5-10/h1-5,11H,6-9,13H2/p+1/t11-/m0/s1. The van der Waals surface area contributed by atoms with Crippen LogP contribution in [0.15, 0.2) is 30.3 Å². The lowest BCUT2D eigenvalue weighted by molar-refractivity contribution is -0.413. The maximum absolute atomic E-state index is 11.6. The van der Waals surface area contributed by atoms with Crippen LogP contribution >= 0.6 is 0 Å². The molecule has 0 unspecified atom stereocenters. The van der Waals surface area contributed by atoms with Gasteiger partial charge >= 0.3 is 6.09 Å². The van der Waals surface area contributed by atoms with Crippen molar-refractivity contribution in [3.8, 4) is 0 Å². The molecule has 0 spiro atoms. The lowest BCUT2D eigenvalue weighted by Gasteiger charge is -2.14. The number of likely N-dealkylation sites (tertiary alicyclic amines) is 1. The van der Waals surface area contributed by atoms with Crippen molar-refractivity contribution in [2.75, 3.05) is 13.1 Å². The van der Waals surface area contributed by atoms with Crippen molar-refractivity contribution in [2.45, 2.75) is 19.1 Å². The molecule has 4 nitrogen and oxygen atoms in total. The smallest absolute Gasteiger partial charge is 0.410 e. The van der Waals surface area contributed by atoms with E-state index in [1.165, 1.54) is 0 Å². The molecular weight excluding hydrogens is 204 g/mol. The molecule has 4 heteroatoms. The molecular formula is C12H17N2O2+. The molecule has 1 aromatic carbocycles. The van der Waals surface area contributed by atoms with Crippen LogP contribution in [0, 0.1) is 0 Å². The van der Waals surface area contributed by atoms with Crippen LogP contribution in [0.1, 0.15) is 12.0 Å². The number of hydrogen-bond donors (Lipinski definition) is 1. The van der Waals surface area contributed by atoms with Gasteiger partial charge in [-0.05, 0) is 5.56 Å². The van der Waals surface area contributed by atoms with Crippen LogP contribution in [0.4, 0.5) is 4.79 Å². The van der Waals surface area contributed by atoms with E-state index in [-0.39, 0.29) is 6.09 Å². The molecule has 0 radical (unpaired) electrons. The molecule has 0 bridgehead atoms. The highest BCUT2D eigenvalue weighted by atomic mass is 16.6. The number of amides is 1. The zero-order valence-electron chi connectivity index (χ0n) is 9.26. The maximum atomic E-state index is 11.6. The van der Waals surface area contributed by atoms with E-state index in [1.807, 2.05) is 30.3 Å². The summed E-state index contributed by atoms with van der Waals surface area (Å²) in [5.74, 6) is 0. The molecule has 2 rings (SSSR count). The SMILES string of the molecule is [NH3+][C@H]1CCN(C(=O)OCc2ccccc2)C1. The normalized spacial score (nSPS) is 19.8. The van der Waals surface area contributed by atoms with E-state index in [0.29, 0.717) is 19.2 Å². The highest BCUT2D eigenvalue weighted by Gasteiger charge is 2.26. The molecule has 1 aromatic rings.